The van der Waals surface area contributed by atoms with Crippen LogP contribution in [0.4, 0.5) is 0 Å². The monoisotopic (exact) mass is 949 g/mol. The number of carbonyl (C=O) groups is 3. The van der Waals surface area contributed by atoms with Crippen molar-refractivity contribution in [3.8, 4) is 0 Å². The van der Waals surface area contributed by atoms with Crippen LogP contribution in [0.2, 0.25) is 0 Å². The summed E-state index contributed by atoms with van der Waals surface area (Å²) in [6.07, 6.45) is 71.7. The molecule has 0 aliphatic heterocycles. The van der Waals surface area contributed by atoms with Gasteiger partial charge in [0.05, 0.1) is 0 Å². The number of allylic oxidation sites excluding steroid dienone is 12. The van der Waals surface area contributed by atoms with Crippen LogP contribution in [0.1, 0.15) is 284 Å². The van der Waals surface area contributed by atoms with E-state index in [1.165, 1.54) is 148 Å². The second kappa shape index (κ2) is 56.4. The maximum absolute atomic E-state index is 12.9. The number of rotatable bonds is 52. The van der Waals surface area contributed by atoms with Crippen LogP contribution in [0.3, 0.4) is 0 Å². The summed E-state index contributed by atoms with van der Waals surface area (Å²) in [5, 5.41) is 0. The van der Waals surface area contributed by atoms with E-state index in [4.69, 9.17) is 14.2 Å². The molecule has 0 saturated heterocycles. The summed E-state index contributed by atoms with van der Waals surface area (Å²) in [4.78, 5) is 38.1. The van der Waals surface area contributed by atoms with Crippen LogP contribution in [0.25, 0.3) is 0 Å². The van der Waals surface area contributed by atoms with Gasteiger partial charge < -0.3 is 14.2 Å². The quantitative estimate of drug-likeness (QED) is 0.0262. The number of esters is 3. The topological polar surface area (TPSA) is 78.9 Å². The molecule has 0 rings (SSSR count). The van der Waals surface area contributed by atoms with E-state index in [1.807, 2.05) is 0 Å². The average Bonchev–Trinajstić information content (AvgIpc) is 3.34. The highest BCUT2D eigenvalue weighted by Gasteiger charge is 2.19. The zero-order valence-corrected chi connectivity index (χ0v) is 44.9. The molecule has 0 aromatic heterocycles. The lowest BCUT2D eigenvalue weighted by atomic mass is 10.0. The van der Waals surface area contributed by atoms with Gasteiger partial charge in [-0.1, -0.05) is 248 Å². The molecule has 0 amide bonds. The van der Waals surface area contributed by atoms with Crippen LogP contribution < -0.4 is 0 Å². The van der Waals surface area contributed by atoms with Crippen LogP contribution in [0.15, 0.2) is 72.9 Å². The lowest BCUT2D eigenvalue weighted by molar-refractivity contribution is -0.167. The molecule has 0 spiro atoms. The van der Waals surface area contributed by atoms with Crippen molar-refractivity contribution in [2.24, 2.45) is 0 Å². The van der Waals surface area contributed by atoms with E-state index >= 15 is 0 Å². The van der Waals surface area contributed by atoms with Crippen molar-refractivity contribution < 1.29 is 28.6 Å². The molecule has 6 heteroatoms. The predicted octanol–water partition coefficient (Wildman–Crippen LogP) is 19.4. The largest absolute Gasteiger partial charge is 0.462 e. The minimum atomic E-state index is -0.790. The van der Waals surface area contributed by atoms with E-state index in [0.29, 0.717) is 19.3 Å². The zero-order valence-electron chi connectivity index (χ0n) is 44.9. The summed E-state index contributed by atoms with van der Waals surface area (Å²) in [5.74, 6) is -0.914. The summed E-state index contributed by atoms with van der Waals surface area (Å²) < 4.78 is 16.8. The molecule has 1 unspecified atom stereocenters. The Kier molecular flexibility index (Phi) is 53.8. The number of hydrogen-bond donors (Lipinski definition) is 0. The molecule has 0 heterocycles. The number of hydrogen-bond acceptors (Lipinski definition) is 6. The van der Waals surface area contributed by atoms with Crippen LogP contribution >= 0.6 is 0 Å². The Morgan fingerprint density at radius 1 is 0.309 bits per heavy atom. The van der Waals surface area contributed by atoms with Crippen molar-refractivity contribution in [2.75, 3.05) is 13.2 Å². The maximum atomic E-state index is 12.9. The third-order valence-electron chi connectivity index (χ3n) is 12.4. The van der Waals surface area contributed by atoms with E-state index in [2.05, 4.69) is 93.7 Å². The second-order valence-corrected chi connectivity index (χ2v) is 19.2. The number of unbranched alkanes of at least 4 members (excludes halogenated alkanes) is 29. The molecule has 0 aliphatic carbocycles. The van der Waals surface area contributed by atoms with Gasteiger partial charge in [0.15, 0.2) is 6.10 Å². The van der Waals surface area contributed by atoms with Crippen LogP contribution in [0.5, 0.6) is 0 Å². The maximum Gasteiger partial charge on any atom is 0.306 e. The molecular weight excluding hydrogens is 841 g/mol. The van der Waals surface area contributed by atoms with Gasteiger partial charge >= 0.3 is 17.9 Å². The Bertz CT molecular complexity index is 1270. The third-order valence-corrected chi connectivity index (χ3v) is 12.4. The molecule has 0 aromatic carbocycles. The van der Waals surface area contributed by atoms with Gasteiger partial charge in [-0.2, -0.15) is 0 Å². The fourth-order valence-corrected chi connectivity index (χ4v) is 8.11. The van der Waals surface area contributed by atoms with Gasteiger partial charge in [0, 0.05) is 19.3 Å². The molecule has 68 heavy (non-hydrogen) atoms. The van der Waals surface area contributed by atoms with Crippen LogP contribution in [-0.4, -0.2) is 37.2 Å². The van der Waals surface area contributed by atoms with Crippen molar-refractivity contribution in [3.63, 3.8) is 0 Å². The highest BCUT2D eigenvalue weighted by molar-refractivity contribution is 5.71. The number of carbonyl (C=O) groups excluding carboxylic acids is 3. The Morgan fingerprint density at radius 2 is 0.574 bits per heavy atom. The van der Waals surface area contributed by atoms with Gasteiger partial charge in [0.1, 0.15) is 13.2 Å². The normalized spacial score (nSPS) is 12.6. The van der Waals surface area contributed by atoms with Gasteiger partial charge in [-0.05, 0) is 89.9 Å². The summed E-state index contributed by atoms with van der Waals surface area (Å²) in [6.45, 7) is 6.51. The van der Waals surface area contributed by atoms with Crippen molar-refractivity contribution in [3.05, 3.63) is 72.9 Å². The first-order chi connectivity index (χ1) is 33.5. The summed E-state index contributed by atoms with van der Waals surface area (Å²) in [6, 6.07) is 0. The summed E-state index contributed by atoms with van der Waals surface area (Å²) >= 11 is 0. The lowest BCUT2D eigenvalue weighted by Gasteiger charge is -2.18. The van der Waals surface area contributed by atoms with E-state index in [0.717, 1.165) is 96.3 Å². The number of ether oxygens (including phenoxy) is 3. The Hall–Kier alpha value is -3.15. The molecule has 0 fully saturated rings. The first kappa shape index (κ1) is 64.8. The Labute approximate surface area is 421 Å². The van der Waals surface area contributed by atoms with E-state index in [9.17, 15) is 14.4 Å². The first-order valence-corrected chi connectivity index (χ1v) is 28.9. The van der Waals surface area contributed by atoms with Crippen molar-refractivity contribution in [1.29, 1.82) is 0 Å². The molecule has 0 radical (unpaired) electrons. The SMILES string of the molecule is CC/C=C\C/C=C\C/C=C\C/C=C\C/C=C\CCCCCC(=O)OCC(COC(=O)CCCCCCCCCCCCCCC)OC(=O)CCCCCCCCC/C=C\CCCCCCCCC. The molecule has 6 nitrogen and oxygen atoms in total. The van der Waals surface area contributed by atoms with Crippen molar-refractivity contribution >= 4 is 17.9 Å². The van der Waals surface area contributed by atoms with Gasteiger partial charge in [-0.3, -0.25) is 14.4 Å². The van der Waals surface area contributed by atoms with E-state index < -0.39 is 6.10 Å². The molecule has 0 aliphatic rings. The standard InChI is InChI=1S/C62H108O6/c1-4-7-10-13-16-19-22-25-27-29-31-33-34-37-40-43-46-49-52-55-61(64)67-58-59(57-66-60(63)54-51-48-45-42-39-36-24-21-18-15-12-9-6-3)68-62(65)56-53-50-47-44-41-38-35-32-30-28-26-23-20-17-14-11-8-5-2/h7,10,16,19,25,27-28,30-31,33,37,40,59H,4-6,8-9,11-15,17-18,20-24,26,29,32,34-36,38-39,41-58H2,1-3H3/b10-7-,19-16-,27-25-,30-28-,33-31-,40-37-. The Balaban J connectivity index is 4.42. The summed E-state index contributed by atoms with van der Waals surface area (Å²) in [5.41, 5.74) is 0. The van der Waals surface area contributed by atoms with Gasteiger partial charge in [0.2, 0.25) is 0 Å². The molecule has 1 atom stereocenters. The minimum absolute atomic E-state index is 0.0855. The third kappa shape index (κ3) is 53.8. The Morgan fingerprint density at radius 3 is 0.926 bits per heavy atom. The van der Waals surface area contributed by atoms with Gasteiger partial charge in [-0.25, -0.2) is 0 Å². The average molecular weight is 950 g/mol. The first-order valence-electron chi connectivity index (χ1n) is 28.9. The van der Waals surface area contributed by atoms with Crippen molar-refractivity contribution in [2.45, 2.75) is 290 Å². The van der Waals surface area contributed by atoms with Gasteiger partial charge in [-0.15, -0.1) is 0 Å². The predicted molar refractivity (Wildman–Crippen MR) is 293 cm³/mol. The molecular formula is C62H108O6. The van der Waals surface area contributed by atoms with E-state index in [-0.39, 0.29) is 31.1 Å². The molecule has 392 valence electrons. The molecule has 0 aromatic rings. The fraction of sp³-hybridized carbons (Fsp3) is 0.758. The molecule has 0 saturated carbocycles. The lowest BCUT2D eigenvalue weighted by Crippen LogP contribution is -2.30. The second-order valence-electron chi connectivity index (χ2n) is 19.2. The van der Waals surface area contributed by atoms with Gasteiger partial charge in [0.25, 0.3) is 0 Å². The smallest absolute Gasteiger partial charge is 0.306 e. The molecule has 0 bridgehead atoms. The van der Waals surface area contributed by atoms with E-state index in [1.54, 1.807) is 0 Å². The fourth-order valence-electron chi connectivity index (χ4n) is 8.11. The highest BCUT2D eigenvalue weighted by atomic mass is 16.6. The molecule has 0 N–H and O–H groups in total. The zero-order chi connectivity index (χ0) is 49.3. The highest BCUT2D eigenvalue weighted by Crippen LogP contribution is 2.15. The van der Waals surface area contributed by atoms with Crippen molar-refractivity contribution in [1.82, 2.24) is 0 Å². The minimum Gasteiger partial charge on any atom is -0.462 e. The summed E-state index contributed by atoms with van der Waals surface area (Å²) in [7, 11) is 0. The van der Waals surface area contributed by atoms with Crippen LogP contribution in [-0.2, 0) is 28.6 Å². The van der Waals surface area contributed by atoms with Crippen LogP contribution in [0, 0.1) is 0 Å².